The third kappa shape index (κ3) is 6.71. The van der Waals surface area contributed by atoms with E-state index in [0.717, 1.165) is 49.0 Å². The van der Waals surface area contributed by atoms with E-state index < -0.39 is 5.60 Å². The van der Waals surface area contributed by atoms with E-state index >= 15 is 0 Å². The summed E-state index contributed by atoms with van der Waals surface area (Å²) in [5.74, 6) is 0. The van der Waals surface area contributed by atoms with Gasteiger partial charge >= 0.3 is 6.09 Å². The molecule has 0 spiro atoms. The summed E-state index contributed by atoms with van der Waals surface area (Å²) in [6.45, 7) is 15.7. The Hall–Kier alpha value is -2.32. The number of anilines is 1. The number of aromatic nitrogens is 3. The average Bonchev–Trinajstić information content (AvgIpc) is 3.20. The predicted octanol–water partition coefficient (Wildman–Crippen LogP) is 6.00. The summed E-state index contributed by atoms with van der Waals surface area (Å²) in [7, 11) is 0. The molecule has 4 rings (SSSR count). The van der Waals surface area contributed by atoms with Crippen LogP contribution in [0.5, 0.6) is 0 Å². The summed E-state index contributed by atoms with van der Waals surface area (Å²) in [4.78, 5) is 19.0. The van der Waals surface area contributed by atoms with E-state index in [4.69, 9.17) is 26.2 Å². The molecule has 1 atom stereocenters. The lowest BCUT2D eigenvalue weighted by Crippen LogP contribution is -2.49. The van der Waals surface area contributed by atoms with Crippen LogP contribution in [0.1, 0.15) is 80.2 Å². The highest BCUT2D eigenvalue weighted by atomic mass is 35.5. The van der Waals surface area contributed by atoms with Crippen molar-refractivity contribution in [3.63, 3.8) is 0 Å². The summed E-state index contributed by atoms with van der Waals surface area (Å²) in [5, 5.41) is 8.23. The largest absolute Gasteiger partial charge is 0.444 e. The molecule has 2 saturated heterocycles. The first-order chi connectivity index (χ1) is 16.7. The van der Waals surface area contributed by atoms with Gasteiger partial charge in [-0.1, -0.05) is 11.6 Å². The van der Waals surface area contributed by atoms with Crippen molar-refractivity contribution in [2.75, 3.05) is 18.0 Å². The highest BCUT2D eigenvalue weighted by molar-refractivity contribution is 6.29. The fraction of sp³-hybridized carbons (Fsp3) is 0.667. The molecule has 36 heavy (non-hydrogen) atoms. The molecule has 2 aliphatic heterocycles. The number of alkyl carbamates (subject to hydrolysis) is 1. The summed E-state index contributed by atoms with van der Waals surface area (Å²) >= 11 is 6.34. The molecule has 8 nitrogen and oxygen atoms in total. The summed E-state index contributed by atoms with van der Waals surface area (Å²) in [5.41, 5.74) is 2.02. The minimum Gasteiger partial charge on any atom is -0.444 e. The van der Waals surface area contributed by atoms with Gasteiger partial charge in [0.15, 0.2) is 0 Å². The van der Waals surface area contributed by atoms with E-state index in [1.165, 1.54) is 0 Å². The van der Waals surface area contributed by atoms with Crippen LogP contribution in [0.3, 0.4) is 0 Å². The number of nitrogens with zero attached hydrogens (tertiary/aromatic N) is 4. The number of amides is 1. The zero-order valence-corrected chi connectivity index (χ0v) is 23.4. The molecule has 2 fully saturated rings. The van der Waals surface area contributed by atoms with Crippen molar-refractivity contribution in [3.05, 3.63) is 29.8 Å². The fourth-order valence-electron chi connectivity index (χ4n) is 5.59. The van der Waals surface area contributed by atoms with Crippen LogP contribution in [-0.2, 0) is 9.47 Å². The smallest absolute Gasteiger partial charge is 0.407 e. The standard InChI is InChI=1S/C27H40ClN5O3/c1-25(2,3)35-24(34)31-19-9-8-10-32(17-19)22-11-23(28)29-15-21(22)18-14-30-33(16-18)20-12-26(4,5)36-27(6,7)13-20/h11,14-16,19-20H,8-10,12-13,17H2,1-7H3,(H,31,34)/t19-/m0/s1. The van der Waals surface area contributed by atoms with Gasteiger partial charge < -0.3 is 19.7 Å². The number of rotatable bonds is 4. The topological polar surface area (TPSA) is 81.5 Å². The van der Waals surface area contributed by atoms with Gasteiger partial charge in [0.1, 0.15) is 10.8 Å². The number of carbonyl (C=O) groups excluding carboxylic acids is 1. The maximum Gasteiger partial charge on any atom is 0.407 e. The molecular weight excluding hydrogens is 478 g/mol. The number of hydrogen-bond acceptors (Lipinski definition) is 6. The number of nitrogens with one attached hydrogen (secondary N) is 1. The summed E-state index contributed by atoms with van der Waals surface area (Å²) < 4.78 is 13.8. The van der Waals surface area contributed by atoms with Crippen LogP contribution >= 0.6 is 11.6 Å². The number of carbonyl (C=O) groups is 1. The lowest BCUT2D eigenvalue weighted by molar-refractivity contribution is -0.170. The quantitative estimate of drug-likeness (QED) is 0.501. The highest BCUT2D eigenvalue weighted by Crippen LogP contribution is 2.41. The summed E-state index contributed by atoms with van der Waals surface area (Å²) in [6.07, 6.45) is 9.10. The second kappa shape index (κ2) is 9.86. The minimum atomic E-state index is -0.528. The first-order valence-electron chi connectivity index (χ1n) is 12.8. The number of ether oxygens (including phenoxy) is 2. The molecule has 0 aromatic carbocycles. The van der Waals surface area contributed by atoms with Crippen LogP contribution in [0.15, 0.2) is 24.7 Å². The van der Waals surface area contributed by atoms with Crippen LogP contribution in [0.25, 0.3) is 11.1 Å². The maximum absolute atomic E-state index is 12.4. The van der Waals surface area contributed by atoms with Gasteiger partial charge in [-0.25, -0.2) is 9.78 Å². The molecule has 4 heterocycles. The molecular formula is C27H40ClN5O3. The molecule has 0 saturated carbocycles. The molecule has 0 radical (unpaired) electrons. The minimum absolute atomic E-state index is 0.0113. The van der Waals surface area contributed by atoms with Gasteiger partial charge in [-0.15, -0.1) is 0 Å². The van der Waals surface area contributed by atoms with Crippen LogP contribution < -0.4 is 10.2 Å². The maximum atomic E-state index is 12.4. The van der Waals surface area contributed by atoms with Crippen LogP contribution in [0, 0.1) is 0 Å². The third-order valence-electron chi connectivity index (χ3n) is 6.63. The van der Waals surface area contributed by atoms with Crippen LogP contribution in [-0.4, -0.2) is 56.8 Å². The van der Waals surface area contributed by atoms with Crippen molar-refractivity contribution >= 4 is 23.4 Å². The van der Waals surface area contributed by atoms with Gasteiger partial charge in [-0.2, -0.15) is 5.10 Å². The molecule has 2 aliphatic rings. The van der Waals surface area contributed by atoms with E-state index in [9.17, 15) is 4.79 Å². The molecule has 0 bridgehead atoms. The van der Waals surface area contributed by atoms with E-state index in [-0.39, 0.29) is 29.4 Å². The van der Waals surface area contributed by atoms with Gasteiger partial charge in [0.2, 0.25) is 0 Å². The molecule has 1 N–H and O–H groups in total. The van der Waals surface area contributed by atoms with Crippen molar-refractivity contribution in [1.29, 1.82) is 0 Å². The van der Waals surface area contributed by atoms with Crippen LogP contribution in [0.2, 0.25) is 5.15 Å². The zero-order valence-electron chi connectivity index (χ0n) is 22.6. The molecule has 9 heteroatoms. The molecule has 2 aromatic rings. The predicted molar refractivity (Wildman–Crippen MR) is 143 cm³/mol. The normalized spacial score (nSPS) is 22.3. The van der Waals surface area contributed by atoms with E-state index in [1.54, 1.807) is 0 Å². The van der Waals surface area contributed by atoms with Crippen LogP contribution in [0.4, 0.5) is 10.5 Å². The number of pyridine rings is 1. The van der Waals surface area contributed by atoms with Crippen molar-refractivity contribution in [1.82, 2.24) is 20.1 Å². The lowest BCUT2D eigenvalue weighted by atomic mass is 9.85. The highest BCUT2D eigenvalue weighted by Gasteiger charge is 2.40. The first-order valence-corrected chi connectivity index (χ1v) is 13.2. The van der Waals surface area contributed by atoms with Crippen molar-refractivity contribution < 1.29 is 14.3 Å². The first kappa shape index (κ1) is 26.7. The Morgan fingerprint density at radius 2 is 1.89 bits per heavy atom. The Bertz CT molecular complexity index is 1080. The SMILES string of the molecule is CC(C)(C)OC(=O)N[C@H]1CCCN(c2cc(Cl)ncc2-c2cnn(C3CC(C)(C)OC(C)(C)C3)c2)C1. The Labute approximate surface area is 219 Å². The van der Waals surface area contributed by atoms with E-state index in [2.05, 4.69) is 53.8 Å². The van der Waals surface area contributed by atoms with Gasteiger partial charge in [0.05, 0.1) is 23.4 Å². The third-order valence-corrected chi connectivity index (χ3v) is 6.83. The zero-order chi connectivity index (χ0) is 26.3. The van der Waals surface area contributed by atoms with Crippen molar-refractivity contribution in [2.45, 2.75) is 103 Å². The van der Waals surface area contributed by atoms with Gasteiger partial charge in [-0.3, -0.25) is 4.68 Å². The molecule has 0 aliphatic carbocycles. The Kier molecular flexibility index (Phi) is 7.32. The van der Waals surface area contributed by atoms with Crippen molar-refractivity contribution in [2.24, 2.45) is 0 Å². The molecule has 2 aromatic heterocycles. The van der Waals surface area contributed by atoms with Crippen molar-refractivity contribution in [3.8, 4) is 11.1 Å². The second-order valence-corrected chi connectivity index (χ2v) is 12.7. The Morgan fingerprint density at radius 3 is 2.56 bits per heavy atom. The number of hydrogen-bond donors (Lipinski definition) is 1. The van der Waals surface area contributed by atoms with E-state index in [1.807, 2.05) is 39.2 Å². The average molecular weight is 518 g/mol. The number of piperidine rings is 1. The Balaban J connectivity index is 1.55. The second-order valence-electron chi connectivity index (χ2n) is 12.3. The monoisotopic (exact) mass is 517 g/mol. The van der Waals surface area contributed by atoms with E-state index in [0.29, 0.717) is 11.7 Å². The fourth-order valence-corrected chi connectivity index (χ4v) is 5.75. The Morgan fingerprint density at radius 1 is 1.19 bits per heavy atom. The molecule has 198 valence electrons. The lowest BCUT2D eigenvalue weighted by Gasteiger charge is -2.45. The number of halogens is 1. The molecule has 0 unspecified atom stereocenters. The summed E-state index contributed by atoms with van der Waals surface area (Å²) in [6, 6.07) is 2.14. The van der Waals surface area contributed by atoms with Gasteiger partial charge in [0, 0.05) is 48.3 Å². The molecule has 1 amide bonds. The van der Waals surface area contributed by atoms with Gasteiger partial charge in [0.25, 0.3) is 0 Å². The van der Waals surface area contributed by atoms with Gasteiger partial charge in [-0.05, 0) is 80.2 Å².